The van der Waals surface area contributed by atoms with Crippen molar-refractivity contribution in [3.8, 4) is 10.6 Å². The molecule has 0 spiro atoms. The van der Waals surface area contributed by atoms with E-state index in [1.165, 1.54) is 47.3 Å². The van der Waals surface area contributed by atoms with E-state index in [4.69, 9.17) is 10.7 Å². The van der Waals surface area contributed by atoms with Gasteiger partial charge in [-0.05, 0) is 61.9 Å². The number of nitrogens with zero attached hydrogens (tertiary/aromatic N) is 4. The van der Waals surface area contributed by atoms with Gasteiger partial charge in [-0.15, -0.1) is 10.2 Å². The fraction of sp³-hybridized carbons (Fsp3) is 0.318. The van der Waals surface area contributed by atoms with E-state index in [0.29, 0.717) is 11.2 Å². The Hall–Kier alpha value is -2.73. The van der Waals surface area contributed by atoms with Crippen LogP contribution in [-0.4, -0.2) is 27.8 Å². The zero-order valence-electron chi connectivity index (χ0n) is 15.9. The standard InChI is InChI=1S/C22H23N5S/c1-14-5-2-3-12-27(14)20-7-4-6-19(24-20)17-11-10-15-8-9-16(13-18(15)17)21-25-26-22(23)28-21/h4,6-9,11,13-14H,2-3,5,10,12H2,1H3,(H2,23,26)/t14-/m0/s1. The van der Waals surface area contributed by atoms with Crippen LogP contribution in [-0.2, 0) is 6.42 Å². The molecule has 2 N–H and O–H groups in total. The summed E-state index contributed by atoms with van der Waals surface area (Å²) in [4.78, 5) is 7.49. The monoisotopic (exact) mass is 389 g/mol. The maximum Gasteiger partial charge on any atom is 0.203 e. The maximum atomic E-state index is 5.76. The normalized spacial score (nSPS) is 18.8. The van der Waals surface area contributed by atoms with Gasteiger partial charge in [0.2, 0.25) is 5.13 Å². The lowest BCUT2D eigenvalue weighted by molar-refractivity contribution is 0.481. The van der Waals surface area contributed by atoms with Gasteiger partial charge in [0, 0.05) is 23.7 Å². The Morgan fingerprint density at radius 3 is 2.89 bits per heavy atom. The van der Waals surface area contributed by atoms with E-state index in [2.05, 4.69) is 64.5 Å². The van der Waals surface area contributed by atoms with Gasteiger partial charge in [-0.25, -0.2) is 4.98 Å². The molecule has 1 fully saturated rings. The third kappa shape index (κ3) is 3.07. The van der Waals surface area contributed by atoms with Crippen LogP contribution in [0.5, 0.6) is 0 Å². The van der Waals surface area contributed by atoms with Crippen LogP contribution in [0.2, 0.25) is 0 Å². The Bertz CT molecular complexity index is 1050. The summed E-state index contributed by atoms with van der Waals surface area (Å²) >= 11 is 1.42. The van der Waals surface area contributed by atoms with E-state index in [-0.39, 0.29) is 0 Å². The highest BCUT2D eigenvalue weighted by Crippen LogP contribution is 2.36. The van der Waals surface area contributed by atoms with Crippen molar-refractivity contribution in [1.29, 1.82) is 0 Å². The van der Waals surface area contributed by atoms with Gasteiger partial charge in [0.1, 0.15) is 10.8 Å². The van der Waals surface area contributed by atoms with Gasteiger partial charge < -0.3 is 10.6 Å². The van der Waals surface area contributed by atoms with Crippen molar-refractivity contribution >= 4 is 27.9 Å². The largest absolute Gasteiger partial charge is 0.374 e. The molecule has 1 aliphatic heterocycles. The van der Waals surface area contributed by atoms with E-state index in [9.17, 15) is 0 Å². The molecule has 28 heavy (non-hydrogen) atoms. The molecular formula is C22H23N5S. The number of pyridine rings is 1. The van der Waals surface area contributed by atoms with Crippen molar-refractivity contribution in [3.05, 3.63) is 59.3 Å². The van der Waals surface area contributed by atoms with Gasteiger partial charge in [-0.1, -0.05) is 35.6 Å². The van der Waals surface area contributed by atoms with Gasteiger partial charge in [0.25, 0.3) is 0 Å². The number of anilines is 2. The average Bonchev–Trinajstić information content (AvgIpc) is 3.34. The summed E-state index contributed by atoms with van der Waals surface area (Å²) in [7, 11) is 0. The number of hydrogen-bond acceptors (Lipinski definition) is 6. The van der Waals surface area contributed by atoms with Crippen LogP contribution in [0.25, 0.3) is 16.1 Å². The van der Waals surface area contributed by atoms with E-state index < -0.39 is 0 Å². The summed E-state index contributed by atoms with van der Waals surface area (Å²) < 4.78 is 0. The topological polar surface area (TPSA) is 67.9 Å². The molecule has 1 atom stereocenters. The van der Waals surface area contributed by atoms with Crippen molar-refractivity contribution in [2.45, 2.75) is 38.6 Å². The Morgan fingerprint density at radius 1 is 1.14 bits per heavy atom. The zero-order chi connectivity index (χ0) is 19.1. The van der Waals surface area contributed by atoms with Gasteiger partial charge in [-0.3, -0.25) is 0 Å². The molecular weight excluding hydrogens is 366 g/mol. The fourth-order valence-corrected chi connectivity index (χ4v) is 4.83. The number of benzene rings is 1. The first-order valence-electron chi connectivity index (χ1n) is 9.86. The molecule has 5 nitrogen and oxygen atoms in total. The quantitative estimate of drug-likeness (QED) is 0.712. The van der Waals surface area contributed by atoms with Crippen LogP contribution in [0, 0.1) is 0 Å². The van der Waals surface area contributed by atoms with Crippen molar-refractivity contribution in [1.82, 2.24) is 15.2 Å². The number of nitrogens with two attached hydrogens (primary N) is 1. The molecule has 0 bridgehead atoms. The van der Waals surface area contributed by atoms with Gasteiger partial charge in [0.15, 0.2) is 0 Å². The Kier molecular flexibility index (Phi) is 4.36. The number of nitrogen functional groups attached to an aromatic ring is 1. The van der Waals surface area contributed by atoms with Crippen LogP contribution in [0.3, 0.4) is 0 Å². The first-order chi connectivity index (χ1) is 13.7. The second kappa shape index (κ2) is 7.02. The minimum Gasteiger partial charge on any atom is -0.374 e. The predicted molar refractivity (Wildman–Crippen MR) is 115 cm³/mol. The Labute approximate surface area is 168 Å². The molecule has 0 amide bonds. The number of piperidine rings is 1. The molecule has 3 aromatic rings. The first kappa shape index (κ1) is 17.4. The van der Waals surface area contributed by atoms with E-state index in [0.717, 1.165) is 35.0 Å². The molecule has 5 rings (SSSR count). The van der Waals surface area contributed by atoms with E-state index in [1.54, 1.807) is 0 Å². The fourth-order valence-electron chi connectivity index (χ4n) is 4.23. The summed E-state index contributed by atoms with van der Waals surface area (Å²) in [5, 5.41) is 9.50. The molecule has 0 unspecified atom stereocenters. The summed E-state index contributed by atoms with van der Waals surface area (Å²) in [6.07, 6.45) is 7.03. The summed E-state index contributed by atoms with van der Waals surface area (Å²) in [6.45, 7) is 3.40. The summed E-state index contributed by atoms with van der Waals surface area (Å²) in [6, 6.07) is 13.4. The third-order valence-corrected chi connectivity index (χ3v) is 6.52. The second-order valence-corrected chi connectivity index (χ2v) is 8.57. The molecule has 1 aromatic carbocycles. The highest BCUT2D eigenvalue weighted by molar-refractivity contribution is 7.18. The third-order valence-electron chi connectivity index (χ3n) is 5.72. The minimum absolute atomic E-state index is 0.497. The number of hydrogen-bond donors (Lipinski definition) is 1. The lowest BCUT2D eigenvalue weighted by Crippen LogP contribution is -2.38. The Balaban J connectivity index is 1.50. The average molecular weight is 390 g/mol. The van der Waals surface area contributed by atoms with Gasteiger partial charge in [0.05, 0.1) is 5.69 Å². The van der Waals surface area contributed by atoms with Gasteiger partial charge >= 0.3 is 0 Å². The Morgan fingerprint density at radius 2 is 2.07 bits per heavy atom. The number of aromatic nitrogens is 3. The molecule has 0 saturated carbocycles. The van der Waals surface area contributed by atoms with Crippen molar-refractivity contribution < 1.29 is 0 Å². The minimum atomic E-state index is 0.497. The highest BCUT2D eigenvalue weighted by Gasteiger charge is 2.22. The molecule has 0 radical (unpaired) electrons. The summed E-state index contributed by atoms with van der Waals surface area (Å²) in [5.74, 6) is 1.09. The van der Waals surface area contributed by atoms with E-state index >= 15 is 0 Å². The van der Waals surface area contributed by atoms with Crippen molar-refractivity contribution in [3.63, 3.8) is 0 Å². The number of allylic oxidation sites excluding steroid dienone is 1. The first-order valence-corrected chi connectivity index (χ1v) is 10.7. The number of rotatable bonds is 3. The van der Waals surface area contributed by atoms with Crippen LogP contribution in [0.1, 0.15) is 43.0 Å². The molecule has 2 aromatic heterocycles. The van der Waals surface area contributed by atoms with Gasteiger partial charge in [-0.2, -0.15) is 0 Å². The van der Waals surface area contributed by atoms with Crippen LogP contribution in [0.4, 0.5) is 10.9 Å². The number of fused-ring (bicyclic) bond motifs is 1. The summed E-state index contributed by atoms with van der Waals surface area (Å²) in [5.41, 5.74) is 11.6. The zero-order valence-corrected chi connectivity index (χ0v) is 16.7. The van der Waals surface area contributed by atoms with Crippen LogP contribution in [0.15, 0.2) is 42.5 Å². The molecule has 3 heterocycles. The van der Waals surface area contributed by atoms with Crippen LogP contribution < -0.4 is 10.6 Å². The van der Waals surface area contributed by atoms with Crippen molar-refractivity contribution in [2.75, 3.05) is 17.2 Å². The predicted octanol–water partition coefficient (Wildman–Crippen LogP) is 4.55. The van der Waals surface area contributed by atoms with E-state index in [1.807, 2.05) is 0 Å². The SMILES string of the molecule is C[C@H]1CCCCN1c1cccc(C2=CCc3ccc(-c4nnc(N)s4)cc32)n1. The molecule has 6 heteroatoms. The lowest BCUT2D eigenvalue weighted by atomic mass is 10.00. The maximum absolute atomic E-state index is 5.76. The molecule has 1 saturated heterocycles. The lowest BCUT2D eigenvalue weighted by Gasteiger charge is -2.34. The smallest absolute Gasteiger partial charge is 0.203 e. The van der Waals surface area contributed by atoms with Crippen LogP contribution >= 0.6 is 11.3 Å². The molecule has 142 valence electrons. The molecule has 2 aliphatic rings. The molecule has 1 aliphatic carbocycles. The van der Waals surface area contributed by atoms with Crippen molar-refractivity contribution in [2.24, 2.45) is 0 Å². The highest BCUT2D eigenvalue weighted by atomic mass is 32.1. The second-order valence-electron chi connectivity index (χ2n) is 7.56.